The molecule has 0 aliphatic carbocycles. The van der Waals surface area contributed by atoms with Gasteiger partial charge in [0.2, 0.25) is 21.8 Å². The van der Waals surface area contributed by atoms with Crippen LogP contribution in [0, 0.1) is 5.92 Å². The van der Waals surface area contributed by atoms with Gasteiger partial charge in [0.05, 0.1) is 36.2 Å². The molecule has 0 fully saturated rings. The standard InChI is InChI=1S/C25H33Cl2N3O6S/c1-16(2)13-28-25(32)17(3)29(14-18-7-9-20(26)21(27)11-18)24(31)15-30(37(6,33)34)19-8-10-22(35-4)23(12-19)36-5/h7-12,16-17H,13-15H2,1-6H3,(H,28,32)/t17-/m1/s1. The van der Waals surface area contributed by atoms with Crippen LogP contribution in [-0.2, 0) is 26.2 Å². The fourth-order valence-electron chi connectivity index (χ4n) is 3.46. The van der Waals surface area contributed by atoms with E-state index in [1.807, 2.05) is 13.8 Å². The van der Waals surface area contributed by atoms with Crippen molar-refractivity contribution in [3.8, 4) is 11.5 Å². The minimum Gasteiger partial charge on any atom is -0.493 e. The molecule has 2 rings (SSSR count). The average molecular weight is 575 g/mol. The van der Waals surface area contributed by atoms with Crippen molar-refractivity contribution in [1.82, 2.24) is 10.2 Å². The van der Waals surface area contributed by atoms with Crippen molar-refractivity contribution in [2.24, 2.45) is 5.92 Å². The number of methoxy groups -OCH3 is 2. The van der Waals surface area contributed by atoms with Crippen LogP contribution in [0.15, 0.2) is 36.4 Å². The Bertz CT molecular complexity index is 1220. The molecule has 2 aromatic rings. The molecule has 0 aliphatic heterocycles. The summed E-state index contributed by atoms with van der Waals surface area (Å²) in [6, 6.07) is 8.52. The molecule has 0 bridgehead atoms. The maximum Gasteiger partial charge on any atom is 0.244 e. The van der Waals surface area contributed by atoms with Gasteiger partial charge in [0, 0.05) is 19.2 Å². The van der Waals surface area contributed by atoms with Gasteiger partial charge in [-0.25, -0.2) is 8.42 Å². The summed E-state index contributed by atoms with van der Waals surface area (Å²) in [4.78, 5) is 27.8. The molecule has 0 saturated carbocycles. The van der Waals surface area contributed by atoms with Crippen LogP contribution in [-0.4, -0.2) is 64.7 Å². The number of ether oxygens (including phenoxy) is 2. The third-order valence-corrected chi connectivity index (χ3v) is 7.40. The van der Waals surface area contributed by atoms with Crippen LogP contribution >= 0.6 is 23.2 Å². The monoisotopic (exact) mass is 573 g/mol. The van der Waals surface area contributed by atoms with Gasteiger partial charge in [0.25, 0.3) is 0 Å². The van der Waals surface area contributed by atoms with Crippen molar-refractivity contribution in [3.05, 3.63) is 52.0 Å². The second-order valence-corrected chi connectivity index (χ2v) is 11.6. The molecule has 37 heavy (non-hydrogen) atoms. The van der Waals surface area contributed by atoms with Crippen LogP contribution in [0.2, 0.25) is 10.0 Å². The lowest BCUT2D eigenvalue weighted by molar-refractivity contribution is -0.139. The van der Waals surface area contributed by atoms with Gasteiger partial charge >= 0.3 is 0 Å². The number of rotatable bonds is 12. The first-order valence-corrected chi connectivity index (χ1v) is 14.1. The minimum atomic E-state index is -3.89. The Morgan fingerprint density at radius 1 is 0.973 bits per heavy atom. The number of nitrogens with one attached hydrogen (secondary N) is 1. The number of nitrogens with zero attached hydrogens (tertiary/aromatic N) is 2. The van der Waals surface area contributed by atoms with Gasteiger partial charge < -0.3 is 19.7 Å². The van der Waals surface area contributed by atoms with Gasteiger partial charge in [-0.1, -0.05) is 43.1 Å². The molecule has 1 N–H and O–H groups in total. The summed E-state index contributed by atoms with van der Waals surface area (Å²) >= 11 is 12.2. The highest BCUT2D eigenvalue weighted by atomic mass is 35.5. The lowest BCUT2D eigenvalue weighted by Gasteiger charge is -2.31. The van der Waals surface area contributed by atoms with Gasteiger partial charge in [-0.15, -0.1) is 0 Å². The zero-order valence-corrected chi connectivity index (χ0v) is 24.1. The molecule has 0 aromatic heterocycles. The second-order valence-electron chi connectivity index (χ2n) is 8.89. The van der Waals surface area contributed by atoms with Crippen LogP contribution in [0.4, 0.5) is 5.69 Å². The van der Waals surface area contributed by atoms with Gasteiger partial charge in [0.1, 0.15) is 12.6 Å². The summed E-state index contributed by atoms with van der Waals surface area (Å²) in [5.74, 6) is -0.0309. The van der Waals surface area contributed by atoms with Crippen molar-refractivity contribution in [3.63, 3.8) is 0 Å². The van der Waals surface area contributed by atoms with E-state index in [0.717, 1.165) is 10.6 Å². The van der Waals surface area contributed by atoms with Crippen LogP contribution in [0.3, 0.4) is 0 Å². The van der Waals surface area contributed by atoms with E-state index in [1.165, 1.54) is 31.3 Å². The number of halogens is 2. The quantitative estimate of drug-likeness (QED) is 0.412. The molecular formula is C25H33Cl2N3O6S. The van der Waals surface area contributed by atoms with E-state index in [2.05, 4.69) is 5.32 Å². The Morgan fingerprint density at radius 3 is 2.16 bits per heavy atom. The van der Waals surface area contributed by atoms with Crippen molar-refractivity contribution in [2.75, 3.05) is 37.9 Å². The molecule has 0 aliphatic rings. The van der Waals surface area contributed by atoms with E-state index in [4.69, 9.17) is 32.7 Å². The summed E-state index contributed by atoms with van der Waals surface area (Å²) in [5, 5.41) is 3.47. The Kier molecular flexibility index (Phi) is 10.9. The first-order valence-electron chi connectivity index (χ1n) is 11.5. The fraction of sp³-hybridized carbons (Fsp3) is 0.440. The fourth-order valence-corrected chi connectivity index (χ4v) is 4.63. The smallest absolute Gasteiger partial charge is 0.244 e. The number of amides is 2. The lowest BCUT2D eigenvalue weighted by atomic mass is 10.1. The van der Waals surface area contributed by atoms with Crippen LogP contribution in [0.1, 0.15) is 26.3 Å². The maximum absolute atomic E-state index is 13.6. The molecule has 12 heteroatoms. The number of carbonyl (C=O) groups excluding carboxylic acids is 2. The highest BCUT2D eigenvalue weighted by Gasteiger charge is 2.30. The first-order chi connectivity index (χ1) is 17.3. The summed E-state index contributed by atoms with van der Waals surface area (Å²) in [5.41, 5.74) is 0.836. The van der Waals surface area contributed by atoms with E-state index in [9.17, 15) is 18.0 Å². The van der Waals surface area contributed by atoms with Crippen LogP contribution in [0.5, 0.6) is 11.5 Å². The molecular weight excluding hydrogens is 541 g/mol. The topological polar surface area (TPSA) is 105 Å². The Morgan fingerprint density at radius 2 is 1.62 bits per heavy atom. The summed E-state index contributed by atoms with van der Waals surface area (Å²) in [6.07, 6.45) is 0.999. The Labute approximate surface area is 228 Å². The average Bonchev–Trinajstić information content (AvgIpc) is 2.84. The van der Waals surface area contributed by atoms with E-state index in [0.29, 0.717) is 33.7 Å². The number of carbonyl (C=O) groups is 2. The SMILES string of the molecule is COc1ccc(N(CC(=O)N(Cc2ccc(Cl)c(Cl)c2)[C@H](C)C(=O)NCC(C)C)S(C)(=O)=O)cc1OC. The normalized spacial score (nSPS) is 12.1. The zero-order valence-electron chi connectivity index (χ0n) is 21.7. The number of hydrogen-bond donors (Lipinski definition) is 1. The number of sulfonamides is 1. The van der Waals surface area contributed by atoms with Crippen LogP contribution < -0.4 is 19.1 Å². The molecule has 0 unspecified atom stereocenters. The molecule has 0 heterocycles. The van der Waals surface area contributed by atoms with Crippen LogP contribution in [0.25, 0.3) is 0 Å². The van der Waals surface area contributed by atoms with E-state index in [-0.39, 0.29) is 24.1 Å². The zero-order chi connectivity index (χ0) is 27.9. The van der Waals surface area contributed by atoms with Gasteiger partial charge in [-0.3, -0.25) is 13.9 Å². The third-order valence-electron chi connectivity index (χ3n) is 5.52. The third kappa shape index (κ3) is 8.41. The number of anilines is 1. The predicted molar refractivity (Wildman–Crippen MR) is 146 cm³/mol. The van der Waals surface area contributed by atoms with Gasteiger partial charge in [-0.05, 0) is 42.7 Å². The highest BCUT2D eigenvalue weighted by Crippen LogP contribution is 2.32. The predicted octanol–water partition coefficient (Wildman–Crippen LogP) is 3.97. The van der Waals surface area contributed by atoms with Gasteiger partial charge in [-0.2, -0.15) is 0 Å². The minimum absolute atomic E-state index is 0.00945. The Balaban J connectivity index is 2.44. The first kappa shape index (κ1) is 30.5. The number of benzene rings is 2. The second kappa shape index (κ2) is 13.2. The largest absolute Gasteiger partial charge is 0.493 e. The summed E-state index contributed by atoms with van der Waals surface area (Å²) in [6.45, 7) is 5.39. The number of hydrogen-bond acceptors (Lipinski definition) is 6. The molecule has 0 spiro atoms. The Hall–Kier alpha value is -2.69. The van der Waals surface area contributed by atoms with E-state index in [1.54, 1.807) is 31.2 Å². The van der Waals surface area contributed by atoms with E-state index >= 15 is 0 Å². The molecule has 0 radical (unpaired) electrons. The summed E-state index contributed by atoms with van der Waals surface area (Å²) in [7, 11) is -1.01. The molecule has 204 valence electrons. The van der Waals surface area contributed by atoms with Crippen molar-refractivity contribution in [1.29, 1.82) is 0 Å². The summed E-state index contributed by atoms with van der Waals surface area (Å²) < 4.78 is 36.9. The van der Waals surface area contributed by atoms with Gasteiger partial charge in [0.15, 0.2) is 11.5 Å². The van der Waals surface area contributed by atoms with Crippen molar-refractivity contribution >= 4 is 50.7 Å². The molecule has 2 aromatic carbocycles. The van der Waals surface area contributed by atoms with Crippen molar-refractivity contribution in [2.45, 2.75) is 33.4 Å². The van der Waals surface area contributed by atoms with Crippen molar-refractivity contribution < 1.29 is 27.5 Å². The molecule has 9 nitrogen and oxygen atoms in total. The van der Waals surface area contributed by atoms with E-state index < -0.39 is 28.5 Å². The molecule has 2 amide bonds. The lowest BCUT2D eigenvalue weighted by Crippen LogP contribution is -2.51. The maximum atomic E-state index is 13.6. The molecule has 1 atom stereocenters. The molecule has 0 saturated heterocycles. The highest BCUT2D eigenvalue weighted by molar-refractivity contribution is 7.92.